The van der Waals surface area contributed by atoms with Crippen molar-refractivity contribution < 1.29 is 47.9 Å². The van der Waals surface area contributed by atoms with Crippen molar-refractivity contribution in [3.8, 4) is 0 Å². The lowest BCUT2D eigenvalue weighted by atomic mass is 9.96. The molecule has 1 saturated heterocycles. The predicted octanol–water partition coefficient (Wildman–Crippen LogP) is 4.38. The molecule has 0 spiro atoms. The van der Waals surface area contributed by atoms with Gasteiger partial charge in [-0.1, -0.05) is 105 Å². The topological polar surface area (TPSA) is 285 Å². The van der Waals surface area contributed by atoms with E-state index in [9.17, 15) is 47.9 Å². The molecule has 10 amide bonds. The summed E-state index contributed by atoms with van der Waals surface area (Å²) in [4.78, 5) is 141. The van der Waals surface area contributed by atoms with Crippen LogP contribution in [0, 0.1) is 17.8 Å². The highest BCUT2D eigenvalue weighted by Crippen LogP contribution is 2.22. The van der Waals surface area contributed by atoms with Gasteiger partial charge in [0.15, 0.2) is 0 Å². The van der Waals surface area contributed by atoms with Crippen LogP contribution in [0.3, 0.4) is 0 Å². The fourth-order valence-corrected chi connectivity index (χ4v) is 9.54. The number of likely N-dealkylation sites (tertiary alicyclic amines) is 1. The van der Waals surface area contributed by atoms with Crippen LogP contribution in [0.4, 0.5) is 0 Å². The van der Waals surface area contributed by atoms with Crippen LogP contribution in [0.2, 0.25) is 0 Å². The second-order valence-corrected chi connectivity index (χ2v) is 25.2. The van der Waals surface area contributed by atoms with Gasteiger partial charge in [0.1, 0.15) is 46.8 Å². The van der Waals surface area contributed by atoms with Gasteiger partial charge in [-0.3, -0.25) is 47.9 Å². The SMILES string of the molecule is CCCCCCCC[C@H](NC(=O)[C@@H]1CCCN1C(=O)c1ccccc1)C(=O)N[C@@H](CC(C)C)C(=O)NC(C)(C)C(=O)N[C@@H](CC(C)C)C(=O)N[C@@H](CC(C)C)C(=O)NC(C)(C)C(=O)NC(C)(C)C(=O)NCCC(=O)N[C@@H](C)CN(C)C. The van der Waals surface area contributed by atoms with Crippen LogP contribution in [-0.2, 0) is 43.2 Å². The first-order valence-corrected chi connectivity index (χ1v) is 29.5. The highest BCUT2D eigenvalue weighted by atomic mass is 16.2. The number of hydrogen-bond acceptors (Lipinski definition) is 11. The fraction of sp³-hybridized carbons (Fsp3) is 0.733. The van der Waals surface area contributed by atoms with E-state index < -0.39 is 94.1 Å². The van der Waals surface area contributed by atoms with Crippen molar-refractivity contribution in [1.29, 1.82) is 0 Å². The molecule has 1 aromatic carbocycles. The highest BCUT2D eigenvalue weighted by molar-refractivity contribution is 6.01. The summed E-state index contributed by atoms with van der Waals surface area (Å²) in [7, 11) is 3.79. The number of carbonyl (C=O) groups excluding carboxylic acids is 10. The Kier molecular flexibility index (Phi) is 29.5. The number of hydrogen-bond donors (Lipinski definition) is 9. The van der Waals surface area contributed by atoms with E-state index in [1.807, 2.05) is 73.5 Å². The minimum Gasteiger partial charge on any atom is -0.354 e. The number of amides is 10. The number of rotatable bonds is 35. The van der Waals surface area contributed by atoms with Crippen LogP contribution in [0.1, 0.15) is 191 Å². The maximum absolute atomic E-state index is 14.3. The van der Waals surface area contributed by atoms with Gasteiger partial charge in [-0.05, 0) is 131 Å². The first-order chi connectivity index (χ1) is 37.7. The molecular formula is C60H103N11O10. The van der Waals surface area contributed by atoms with Crippen LogP contribution in [0.15, 0.2) is 30.3 Å². The van der Waals surface area contributed by atoms with E-state index in [0.717, 1.165) is 32.1 Å². The van der Waals surface area contributed by atoms with E-state index in [2.05, 4.69) is 54.8 Å². The summed E-state index contributed by atoms with van der Waals surface area (Å²) in [6.45, 7) is 25.2. The second-order valence-electron chi connectivity index (χ2n) is 25.2. The lowest BCUT2D eigenvalue weighted by Crippen LogP contribution is -2.65. The summed E-state index contributed by atoms with van der Waals surface area (Å²) in [6, 6.07) is 3.41. The van der Waals surface area contributed by atoms with Crippen LogP contribution in [0.25, 0.3) is 0 Å². The first kappa shape index (κ1) is 71.0. The largest absolute Gasteiger partial charge is 0.354 e. The molecule has 0 bridgehead atoms. The summed E-state index contributed by atoms with van der Waals surface area (Å²) >= 11 is 0. The molecule has 1 aliphatic rings. The van der Waals surface area contributed by atoms with E-state index in [0.29, 0.717) is 44.3 Å². The van der Waals surface area contributed by atoms with Crippen molar-refractivity contribution in [2.24, 2.45) is 17.8 Å². The number of unbranched alkanes of at least 4 members (excludes halogenated alkanes) is 5. The molecule has 0 aliphatic carbocycles. The van der Waals surface area contributed by atoms with Crippen molar-refractivity contribution in [2.75, 3.05) is 33.7 Å². The van der Waals surface area contributed by atoms with Gasteiger partial charge in [0.2, 0.25) is 53.2 Å². The Labute approximate surface area is 483 Å². The van der Waals surface area contributed by atoms with Crippen LogP contribution in [0.5, 0.6) is 0 Å². The molecule has 0 radical (unpaired) electrons. The second kappa shape index (κ2) is 33.7. The molecular weight excluding hydrogens is 1030 g/mol. The molecule has 458 valence electrons. The molecule has 0 unspecified atom stereocenters. The van der Waals surface area contributed by atoms with Gasteiger partial charge >= 0.3 is 0 Å². The number of carbonyl (C=O) groups is 10. The maximum Gasteiger partial charge on any atom is 0.254 e. The molecule has 1 fully saturated rings. The maximum atomic E-state index is 14.3. The Morgan fingerprint density at radius 1 is 0.568 bits per heavy atom. The summed E-state index contributed by atoms with van der Waals surface area (Å²) in [5, 5.41) is 25.2. The standard InChI is InChI=1S/C60H103N11O10/c1-17-18-19-20-21-25-29-43(63-53(77)47-30-26-33-71(47)54(78)42-27-23-22-24-28-42)49(73)64-45(35-39(4)5)51(75)67-59(11,12)56(80)66-44(34-38(2)3)50(74)65-46(36-40(6)7)52(76)68-60(13,14)57(81)69-58(9,10)55(79)61-32-31-48(72)62-41(8)37-70(15)16/h22-24,27-28,38-41,43-47H,17-21,25-26,29-37H2,1-16H3,(H,61,79)(H,62,72)(H,63,77)(H,64,73)(H,65,74)(H,66,80)(H,67,75)(H,68,76)(H,69,81)/t41-,43-,44-,45-,46-,47-/m0/s1. The van der Waals surface area contributed by atoms with Gasteiger partial charge in [-0.15, -0.1) is 0 Å². The van der Waals surface area contributed by atoms with E-state index in [1.54, 1.807) is 29.2 Å². The molecule has 1 heterocycles. The van der Waals surface area contributed by atoms with Gasteiger partial charge in [0.25, 0.3) is 5.91 Å². The molecule has 81 heavy (non-hydrogen) atoms. The number of nitrogens with one attached hydrogen (secondary N) is 9. The smallest absolute Gasteiger partial charge is 0.254 e. The summed E-state index contributed by atoms with van der Waals surface area (Å²) in [5.74, 6) is -5.78. The number of likely N-dealkylation sites (N-methyl/N-ethyl adjacent to an activating group) is 1. The molecule has 1 aliphatic heterocycles. The zero-order valence-corrected chi connectivity index (χ0v) is 51.9. The molecule has 21 nitrogen and oxygen atoms in total. The zero-order chi connectivity index (χ0) is 61.4. The van der Waals surface area contributed by atoms with Crippen molar-refractivity contribution in [3.63, 3.8) is 0 Å². The van der Waals surface area contributed by atoms with E-state index in [4.69, 9.17) is 0 Å². The van der Waals surface area contributed by atoms with Gasteiger partial charge < -0.3 is 57.7 Å². The average Bonchev–Trinajstić information content (AvgIpc) is 3.89. The van der Waals surface area contributed by atoms with Crippen LogP contribution < -0.4 is 47.9 Å². The molecule has 9 N–H and O–H groups in total. The molecule has 0 saturated carbocycles. The van der Waals surface area contributed by atoms with Gasteiger partial charge in [-0.25, -0.2) is 0 Å². The monoisotopic (exact) mass is 1140 g/mol. The summed E-state index contributed by atoms with van der Waals surface area (Å²) in [6.07, 6.45) is 7.54. The third kappa shape index (κ3) is 25.3. The summed E-state index contributed by atoms with van der Waals surface area (Å²) in [5.41, 5.74) is -4.20. The third-order valence-corrected chi connectivity index (χ3v) is 14.0. The van der Waals surface area contributed by atoms with Gasteiger partial charge in [0, 0.05) is 37.7 Å². The highest BCUT2D eigenvalue weighted by Gasteiger charge is 2.41. The zero-order valence-electron chi connectivity index (χ0n) is 51.9. The minimum atomic E-state index is -1.63. The van der Waals surface area contributed by atoms with E-state index in [-0.39, 0.29) is 67.8 Å². The van der Waals surface area contributed by atoms with Crippen molar-refractivity contribution in [2.45, 2.75) is 233 Å². The Morgan fingerprint density at radius 2 is 1.05 bits per heavy atom. The van der Waals surface area contributed by atoms with Gasteiger partial charge in [-0.2, -0.15) is 0 Å². The van der Waals surface area contributed by atoms with E-state index >= 15 is 0 Å². The Balaban J connectivity index is 2.24. The van der Waals surface area contributed by atoms with Crippen LogP contribution in [-0.4, -0.2) is 155 Å². The lowest BCUT2D eigenvalue weighted by Gasteiger charge is -2.34. The van der Waals surface area contributed by atoms with Crippen molar-refractivity contribution in [3.05, 3.63) is 35.9 Å². The molecule has 1 aromatic rings. The van der Waals surface area contributed by atoms with Gasteiger partial charge in [0.05, 0.1) is 0 Å². The predicted molar refractivity (Wildman–Crippen MR) is 315 cm³/mol. The normalized spacial score (nSPS) is 15.7. The molecule has 21 heteroatoms. The van der Waals surface area contributed by atoms with Crippen molar-refractivity contribution in [1.82, 2.24) is 57.7 Å². The Bertz CT molecular complexity index is 2250. The number of nitrogens with zero attached hydrogens (tertiary/aromatic N) is 2. The van der Waals surface area contributed by atoms with Crippen molar-refractivity contribution >= 4 is 59.1 Å². The molecule has 6 atom stereocenters. The van der Waals surface area contributed by atoms with Crippen LogP contribution >= 0.6 is 0 Å². The minimum absolute atomic E-state index is 0.0291. The third-order valence-electron chi connectivity index (χ3n) is 14.0. The quantitative estimate of drug-likeness (QED) is 0.0430. The number of benzene rings is 1. The average molecular weight is 1140 g/mol. The fourth-order valence-electron chi connectivity index (χ4n) is 9.54. The summed E-state index contributed by atoms with van der Waals surface area (Å²) < 4.78 is 0. The molecule has 0 aromatic heterocycles. The van der Waals surface area contributed by atoms with E-state index in [1.165, 1.54) is 41.5 Å². The lowest BCUT2D eigenvalue weighted by molar-refractivity contribution is -0.139. The molecule has 2 rings (SSSR count). The first-order valence-electron chi connectivity index (χ1n) is 29.5. The Morgan fingerprint density at radius 3 is 1.57 bits per heavy atom. The Hall–Kier alpha value is -6.12.